The van der Waals surface area contributed by atoms with Gasteiger partial charge < -0.3 is 9.80 Å². The van der Waals surface area contributed by atoms with E-state index in [1.807, 2.05) is 16.8 Å². The van der Waals surface area contributed by atoms with Gasteiger partial charge in [0.05, 0.1) is 5.56 Å². The molecule has 0 saturated carbocycles. The molecule has 104 valence electrons. The predicted molar refractivity (Wildman–Crippen MR) is 75.3 cm³/mol. The van der Waals surface area contributed by atoms with Crippen molar-refractivity contribution in [3.63, 3.8) is 0 Å². The highest BCUT2D eigenvalue weighted by Crippen LogP contribution is 2.13. The second-order valence-corrected chi connectivity index (χ2v) is 5.05. The van der Waals surface area contributed by atoms with Crippen LogP contribution in [0.2, 0.25) is 0 Å². The number of carbonyl (C=O) groups is 1. The Morgan fingerprint density at radius 2 is 1.95 bits per heavy atom. The molecule has 1 aliphatic rings. The third-order valence-corrected chi connectivity index (χ3v) is 3.47. The molecule has 1 aromatic rings. The molecule has 0 unspecified atom stereocenters. The molecule has 0 radical (unpaired) electrons. The van der Waals surface area contributed by atoms with E-state index in [9.17, 15) is 4.79 Å². The second-order valence-electron chi connectivity index (χ2n) is 5.05. The average Bonchev–Trinajstić information content (AvgIpc) is 2.98. The highest BCUT2D eigenvalue weighted by Gasteiger charge is 2.20. The summed E-state index contributed by atoms with van der Waals surface area (Å²) in [4.78, 5) is 24.6. The number of hydrogen-bond acceptors (Lipinski definition) is 4. The Labute approximate surface area is 114 Å². The van der Waals surface area contributed by atoms with Crippen molar-refractivity contribution in [1.29, 1.82) is 0 Å². The zero-order valence-corrected chi connectivity index (χ0v) is 11.8. The van der Waals surface area contributed by atoms with Gasteiger partial charge in [-0.25, -0.2) is 9.97 Å². The van der Waals surface area contributed by atoms with Crippen LogP contribution in [0, 0.1) is 0 Å². The molecule has 0 bridgehead atoms. The molecule has 1 aliphatic heterocycles. The first-order valence-corrected chi connectivity index (χ1v) is 7.05. The van der Waals surface area contributed by atoms with E-state index >= 15 is 0 Å². The summed E-state index contributed by atoms with van der Waals surface area (Å²) in [6.07, 6.45) is 7.76. The summed E-state index contributed by atoms with van der Waals surface area (Å²) < 4.78 is 0. The van der Waals surface area contributed by atoms with Gasteiger partial charge in [-0.3, -0.25) is 4.79 Å². The summed E-state index contributed by atoms with van der Waals surface area (Å²) in [7, 11) is 1.98. The van der Waals surface area contributed by atoms with Crippen LogP contribution in [0.4, 0.5) is 5.95 Å². The van der Waals surface area contributed by atoms with Gasteiger partial charge in [-0.05, 0) is 19.3 Å². The molecule has 5 nitrogen and oxygen atoms in total. The van der Waals surface area contributed by atoms with Crippen LogP contribution >= 0.6 is 0 Å². The quantitative estimate of drug-likeness (QED) is 0.814. The molecule has 0 N–H and O–H groups in total. The maximum Gasteiger partial charge on any atom is 0.256 e. The number of aromatic nitrogens is 2. The van der Waals surface area contributed by atoms with Gasteiger partial charge in [-0.1, -0.05) is 13.3 Å². The van der Waals surface area contributed by atoms with Crippen LogP contribution in [-0.4, -0.2) is 47.5 Å². The summed E-state index contributed by atoms with van der Waals surface area (Å²) in [6, 6.07) is 0. The lowest BCUT2D eigenvalue weighted by Crippen LogP contribution is -2.28. The number of carbonyl (C=O) groups excluding carboxylic acids is 1. The van der Waals surface area contributed by atoms with Crippen molar-refractivity contribution in [1.82, 2.24) is 14.9 Å². The monoisotopic (exact) mass is 262 g/mol. The van der Waals surface area contributed by atoms with Crippen molar-refractivity contribution in [3.05, 3.63) is 18.0 Å². The third-order valence-electron chi connectivity index (χ3n) is 3.47. The lowest BCUT2D eigenvalue weighted by atomic mass is 10.3. The van der Waals surface area contributed by atoms with Gasteiger partial charge in [0, 0.05) is 39.1 Å². The first kappa shape index (κ1) is 13.8. The van der Waals surface area contributed by atoms with Crippen molar-refractivity contribution < 1.29 is 4.79 Å². The molecule has 1 fully saturated rings. The van der Waals surface area contributed by atoms with Gasteiger partial charge in [0.2, 0.25) is 5.95 Å². The maximum atomic E-state index is 12.1. The van der Waals surface area contributed by atoms with Gasteiger partial charge in [-0.15, -0.1) is 0 Å². The Morgan fingerprint density at radius 1 is 1.32 bits per heavy atom. The molecule has 0 spiro atoms. The zero-order valence-electron chi connectivity index (χ0n) is 11.8. The van der Waals surface area contributed by atoms with Crippen molar-refractivity contribution in [2.24, 2.45) is 0 Å². The first-order chi connectivity index (χ1) is 9.22. The van der Waals surface area contributed by atoms with Gasteiger partial charge in [0.1, 0.15) is 0 Å². The lowest BCUT2D eigenvalue weighted by Gasteiger charge is -2.17. The number of nitrogens with zero attached hydrogens (tertiary/aromatic N) is 4. The topological polar surface area (TPSA) is 49.3 Å². The Morgan fingerprint density at radius 3 is 2.53 bits per heavy atom. The summed E-state index contributed by atoms with van der Waals surface area (Å²) in [6.45, 7) is 4.82. The Balaban J connectivity index is 1.99. The largest absolute Gasteiger partial charge is 0.344 e. The van der Waals surface area contributed by atoms with E-state index < -0.39 is 0 Å². The molecule has 1 saturated heterocycles. The normalized spacial score (nSPS) is 14.7. The minimum absolute atomic E-state index is 0.0558. The van der Waals surface area contributed by atoms with Gasteiger partial charge in [0.15, 0.2) is 0 Å². The minimum Gasteiger partial charge on any atom is -0.344 e. The van der Waals surface area contributed by atoms with Crippen LogP contribution in [0.25, 0.3) is 0 Å². The molecule has 2 heterocycles. The standard InChI is InChI=1S/C14H22N4O/c1-3-4-7-17(2)14-15-10-12(11-16-14)13(19)18-8-5-6-9-18/h10-11H,3-9H2,1-2H3. The third kappa shape index (κ3) is 3.43. The van der Waals surface area contributed by atoms with Crippen LogP contribution in [0.5, 0.6) is 0 Å². The molecular weight excluding hydrogens is 240 g/mol. The van der Waals surface area contributed by atoms with Crippen molar-refractivity contribution in [3.8, 4) is 0 Å². The number of hydrogen-bond donors (Lipinski definition) is 0. The Bertz CT molecular complexity index is 412. The number of anilines is 1. The molecular formula is C14H22N4O. The van der Waals surface area contributed by atoms with E-state index in [0.717, 1.165) is 45.3 Å². The Hall–Kier alpha value is -1.65. The minimum atomic E-state index is 0.0558. The van der Waals surface area contributed by atoms with Gasteiger partial charge in [0.25, 0.3) is 5.91 Å². The van der Waals surface area contributed by atoms with Crippen molar-refractivity contribution in [2.45, 2.75) is 32.6 Å². The molecule has 0 aromatic carbocycles. The number of amides is 1. The highest BCUT2D eigenvalue weighted by molar-refractivity contribution is 5.93. The van der Waals surface area contributed by atoms with E-state index in [0.29, 0.717) is 11.5 Å². The first-order valence-electron chi connectivity index (χ1n) is 7.05. The van der Waals surface area contributed by atoms with Crippen LogP contribution < -0.4 is 4.90 Å². The molecule has 0 aliphatic carbocycles. The van der Waals surface area contributed by atoms with E-state index in [4.69, 9.17) is 0 Å². The average molecular weight is 262 g/mol. The summed E-state index contributed by atoms with van der Waals surface area (Å²) in [5, 5.41) is 0. The fourth-order valence-corrected chi connectivity index (χ4v) is 2.23. The molecule has 5 heteroatoms. The fourth-order valence-electron chi connectivity index (χ4n) is 2.23. The van der Waals surface area contributed by atoms with E-state index in [-0.39, 0.29) is 5.91 Å². The SMILES string of the molecule is CCCCN(C)c1ncc(C(=O)N2CCCC2)cn1. The molecule has 2 rings (SSSR count). The maximum absolute atomic E-state index is 12.1. The number of rotatable bonds is 5. The van der Waals surface area contributed by atoms with Gasteiger partial charge in [-0.2, -0.15) is 0 Å². The molecule has 0 atom stereocenters. The van der Waals surface area contributed by atoms with Crippen LogP contribution in [-0.2, 0) is 0 Å². The molecule has 19 heavy (non-hydrogen) atoms. The van der Waals surface area contributed by atoms with E-state index in [1.54, 1.807) is 12.4 Å². The van der Waals surface area contributed by atoms with Crippen LogP contribution in [0.15, 0.2) is 12.4 Å². The highest BCUT2D eigenvalue weighted by atomic mass is 16.2. The zero-order chi connectivity index (χ0) is 13.7. The second kappa shape index (κ2) is 6.50. The summed E-state index contributed by atoms with van der Waals surface area (Å²) >= 11 is 0. The fraction of sp³-hybridized carbons (Fsp3) is 0.643. The summed E-state index contributed by atoms with van der Waals surface area (Å²) in [5.41, 5.74) is 0.592. The van der Waals surface area contributed by atoms with Crippen molar-refractivity contribution in [2.75, 3.05) is 31.6 Å². The molecule has 1 amide bonds. The van der Waals surface area contributed by atoms with E-state index in [1.165, 1.54) is 0 Å². The number of unbranched alkanes of at least 4 members (excludes halogenated alkanes) is 1. The van der Waals surface area contributed by atoms with E-state index in [2.05, 4.69) is 16.9 Å². The summed E-state index contributed by atoms with van der Waals surface area (Å²) in [5.74, 6) is 0.742. The lowest BCUT2D eigenvalue weighted by molar-refractivity contribution is 0.0792. The van der Waals surface area contributed by atoms with Crippen LogP contribution in [0.1, 0.15) is 43.0 Å². The smallest absolute Gasteiger partial charge is 0.256 e. The van der Waals surface area contributed by atoms with Crippen molar-refractivity contribution >= 4 is 11.9 Å². The Kier molecular flexibility index (Phi) is 4.71. The number of likely N-dealkylation sites (tertiary alicyclic amines) is 1. The van der Waals surface area contributed by atoms with Crippen LogP contribution in [0.3, 0.4) is 0 Å². The predicted octanol–water partition coefficient (Wildman–Crippen LogP) is 1.95. The van der Waals surface area contributed by atoms with Gasteiger partial charge >= 0.3 is 0 Å². The molecule has 1 aromatic heterocycles.